The van der Waals surface area contributed by atoms with Crippen LogP contribution in [0, 0.1) is 22.5 Å². The summed E-state index contributed by atoms with van der Waals surface area (Å²) in [5, 5.41) is 19.4. The van der Waals surface area contributed by atoms with Gasteiger partial charge >= 0.3 is 11.7 Å². The van der Waals surface area contributed by atoms with Crippen LogP contribution in [-0.4, -0.2) is 27.1 Å². The van der Waals surface area contributed by atoms with E-state index in [-0.39, 0.29) is 11.4 Å². The maximum Gasteiger partial charge on any atom is 0.337 e. The number of nitro groups is 1. The number of ether oxygens (including phenoxy) is 1. The van der Waals surface area contributed by atoms with Gasteiger partial charge in [0.05, 0.1) is 10.5 Å². The first kappa shape index (κ1) is 12.4. The lowest BCUT2D eigenvalue weighted by atomic mass is 10.2. The van der Waals surface area contributed by atoms with Crippen molar-refractivity contribution in [1.82, 2.24) is 4.98 Å². The molecule has 1 aromatic rings. The maximum atomic E-state index is 10.7. The Labute approximate surface area is 96.2 Å². The number of aromatic nitrogens is 1. The molecule has 1 N–H and O–H groups in total. The van der Waals surface area contributed by atoms with Gasteiger partial charge in [0.15, 0.2) is 6.10 Å². The van der Waals surface area contributed by atoms with E-state index in [1.807, 2.05) is 0 Å². The minimum Gasteiger partial charge on any atom is -0.478 e. The molecule has 0 saturated carbocycles. The van der Waals surface area contributed by atoms with Crippen LogP contribution in [0.2, 0.25) is 0 Å². The molecule has 7 heteroatoms. The van der Waals surface area contributed by atoms with Gasteiger partial charge in [-0.1, -0.05) is 5.92 Å². The van der Waals surface area contributed by atoms with E-state index in [0.717, 1.165) is 12.3 Å². The molecule has 0 amide bonds. The van der Waals surface area contributed by atoms with E-state index in [9.17, 15) is 14.9 Å². The number of carboxylic acids is 1. The molecule has 0 aliphatic carbocycles. The van der Waals surface area contributed by atoms with Gasteiger partial charge in [0, 0.05) is 12.3 Å². The normalized spacial score (nSPS) is 11.3. The van der Waals surface area contributed by atoms with Crippen LogP contribution >= 0.6 is 0 Å². The van der Waals surface area contributed by atoms with E-state index in [4.69, 9.17) is 16.3 Å². The molecule has 1 rings (SSSR count). The Morgan fingerprint density at radius 1 is 1.76 bits per heavy atom. The van der Waals surface area contributed by atoms with Crippen LogP contribution in [0.15, 0.2) is 12.3 Å². The summed E-state index contributed by atoms with van der Waals surface area (Å²) in [4.78, 5) is 24.1. The minimum atomic E-state index is -1.31. The number of terminal acetylenes is 1. The molecule has 0 saturated heterocycles. The molecule has 1 unspecified atom stereocenters. The fourth-order valence-corrected chi connectivity index (χ4v) is 0.981. The van der Waals surface area contributed by atoms with Crippen molar-refractivity contribution in [2.75, 3.05) is 0 Å². The summed E-state index contributed by atoms with van der Waals surface area (Å²) >= 11 is 0. The Bertz CT molecular complexity index is 506. The molecule has 0 aromatic carbocycles. The molecule has 1 atom stereocenters. The van der Waals surface area contributed by atoms with Crippen molar-refractivity contribution in [2.24, 2.45) is 0 Å². The lowest BCUT2D eigenvalue weighted by Gasteiger charge is -2.07. The molecule has 0 spiro atoms. The second-order valence-electron chi connectivity index (χ2n) is 3.04. The van der Waals surface area contributed by atoms with Crippen molar-refractivity contribution in [2.45, 2.75) is 13.0 Å². The molecular formula is C10H8N2O5. The zero-order valence-electron chi connectivity index (χ0n) is 8.78. The van der Waals surface area contributed by atoms with E-state index < -0.39 is 22.7 Å². The summed E-state index contributed by atoms with van der Waals surface area (Å²) in [6.07, 6.45) is 5.33. The highest BCUT2D eigenvalue weighted by Crippen LogP contribution is 2.25. The summed E-state index contributed by atoms with van der Waals surface area (Å²) in [6.45, 7) is 1.51. The number of nitrogens with zero attached hydrogens (tertiary/aromatic N) is 2. The highest BCUT2D eigenvalue weighted by molar-refractivity contribution is 5.88. The molecule has 1 aromatic heterocycles. The zero-order chi connectivity index (χ0) is 13.0. The summed E-state index contributed by atoms with van der Waals surface area (Å²) < 4.78 is 5.01. The van der Waals surface area contributed by atoms with Crippen LogP contribution < -0.4 is 4.74 Å². The molecule has 0 bridgehead atoms. The van der Waals surface area contributed by atoms with Crippen LogP contribution in [0.3, 0.4) is 0 Å². The Hall–Kier alpha value is -2.62. The van der Waals surface area contributed by atoms with Crippen molar-refractivity contribution in [3.63, 3.8) is 0 Å². The Morgan fingerprint density at radius 3 is 2.88 bits per heavy atom. The van der Waals surface area contributed by atoms with Crippen molar-refractivity contribution in [3.05, 3.63) is 27.9 Å². The fraction of sp³-hybridized carbons (Fsp3) is 0.200. The number of carboxylic acid groups (broad SMARTS) is 1. The lowest BCUT2D eigenvalue weighted by molar-refractivity contribution is -0.386. The van der Waals surface area contributed by atoms with E-state index in [1.54, 1.807) is 0 Å². The van der Waals surface area contributed by atoms with E-state index in [1.165, 1.54) is 6.92 Å². The largest absolute Gasteiger partial charge is 0.478 e. The number of hydrogen-bond acceptors (Lipinski definition) is 5. The van der Waals surface area contributed by atoms with Gasteiger partial charge in [-0.25, -0.2) is 9.78 Å². The third-order valence-corrected chi connectivity index (χ3v) is 1.80. The van der Waals surface area contributed by atoms with Gasteiger partial charge < -0.3 is 9.84 Å². The number of carbonyl (C=O) groups is 1. The van der Waals surface area contributed by atoms with Gasteiger partial charge in [-0.2, -0.15) is 0 Å². The molecule has 0 aliphatic heterocycles. The van der Waals surface area contributed by atoms with Crippen molar-refractivity contribution in [1.29, 1.82) is 0 Å². The van der Waals surface area contributed by atoms with E-state index >= 15 is 0 Å². The first-order valence-corrected chi connectivity index (χ1v) is 4.46. The van der Waals surface area contributed by atoms with Gasteiger partial charge in [0.25, 0.3) is 5.88 Å². The molecule has 0 radical (unpaired) electrons. The number of rotatable bonds is 4. The SMILES string of the molecule is C#CC(C)Oc1ncc(C(=O)O)cc1[N+](=O)[O-]. The number of aromatic carboxylic acids is 1. The topological polar surface area (TPSA) is 103 Å². The summed E-state index contributed by atoms with van der Waals surface area (Å²) in [6, 6.07) is 0.869. The highest BCUT2D eigenvalue weighted by atomic mass is 16.6. The van der Waals surface area contributed by atoms with Crippen LogP contribution in [0.1, 0.15) is 17.3 Å². The van der Waals surface area contributed by atoms with Crippen LogP contribution in [-0.2, 0) is 0 Å². The molecular weight excluding hydrogens is 228 g/mol. The predicted octanol–water partition coefficient (Wildman–Crippen LogP) is 1.09. The zero-order valence-corrected chi connectivity index (χ0v) is 8.78. The molecule has 1 heterocycles. The van der Waals surface area contributed by atoms with Gasteiger partial charge in [-0.3, -0.25) is 10.1 Å². The number of hydrogen-bond donors (Lipinski definition) is 1. The van der Waals surface area contributed by atoms with Crippen molar-refractivity contribution < 1.29 is 19.6 Å². The molecule has 17 heavy (non-hydrogen) atoms. The van der Waals surface area contributed by atoms with Crippen LogP contribution in [0.5, 0.6) is 5.88 Å². The monoisotopic (exact) mass is 236 g/mol. The van der Waals surface area contributed by atoms with Crippen molar-refractivity contribution in [3.8, 4) is 18.2 Å². The lowest BCUT2D eigenvalue weighted by Crippen LogP contribution is -2.11. The average molecular weight is 236 g/mol. The highest BCUT2D eigenvalue weighted by Gasteiger charge is 2.21. The van der Waals surface area contributed by atoms with Gasteiger partial charge in [0.2, 0.25) is 0 Å². The molecule has 88 valence electrons. The first-order valence-electron chi connectivity index (χ1n) is 4.46. The minimum absolute atomic E-state index is 0.294. The smallest absolute Gasteiger partial charge is 0.337 e. The third-order valence-electron chi connectivity index (χ3n) is 1.80. The second-order valence-corrected chi connectivity index (χ2v) is 3.04. The fourth-order valence-electron chi connectivity index (χ4n) is 0.981. The first-order chi connectivity index (χ1) is 7.95. The van der Waals surface area contributed by atoms with Crippen LogP contribution in [0.25, 0.3) is 0 Å². The standard InChI is InChI=1S/C10H8N2O5/c1-3-6(2)17-9-8(12(15)16)4-7(5-11-9)10(13)14/h1,4-6H,2H3,(H,13,14). The Balaban J connectivity index is 3.18. The molecule has 7 nitrogen and oxygen atoms in total. The Morgan fingerprint density at radius 2 is 2.41 bits per heavy atom. The van der Waals surface area contributed by atoms with Crippen molar-refractivity contribution >= 4 is 11.7 Å². The molecule has 0 fully saturated rings. The summed E-state index contributed by atoms with van der Waals surface area (Å²) in [5.74, 6) is 0.607. The van der Waals surface area contributed by atoms with Gasteiger partial charge in [0.1, 0.15) is 0 Å². The van der Waals surface area contributed by atoms with Gasteiger partial charge in [-0.05, 0) is 6.92 Å². The average Bonchev–Trinajstić information content (AvgIpc) is 2.28. The Kier molecular flexibility index (Phi) is 3.62. The van der Waals surface area contributed by atoms with E-state index in [2.05, 4.69) is 10.9 Å². The van der Waals surface area contributed by atoms with Crippen LogP contribution in [0.4, 0.5) is 5.69 Å². The maximum absolute atomic E-state index is 10.7. The third kappa shape index (κ3) is 2.92. The van der Waals surface area contributed by atoms with Gasteiger partial charge in [-0.15, -0.1) is 6.42 Å². The predicted molar refractivity (Wildman–Crippen MR) is 56.8 cm³/mol. The second kappa shape index (κ2) is 4.94. The summed E-state index contributed by atoms with van der Waals surface area (Å²) in [5.41, 5.74) is -0.829. The number of pyridine rings is 1. The molecule has 0 aliphatic rings. The quantitative estimate of drug-likeness (QED) is 0.476. The summed E-state index contributed by atoms with van der Waals surface area (Å²) in [7, 11) is 0. The van der Waals surface area contributed by atoms with E-state index in [0.29, 0.717) is 0 Å².